The number of nitrogens with one attached hydrogen (secondary N) is 2. The van der Waals surface area contributed by atoms with Gasteiger partial charge >= 0.3 is 6.09 Å². The number of nitrogens with zero attached hydrogens (tertiary/aromatic N) is 3. The summed E-state index contributed by atoms with van der Waals surface area (Å²) in [4.78, 5) is 25.1. The third-order valence-corrected chi connectivity index (χ3v) is 4.44. The first-order chi connectivity index (χ1) is 11.5. The van der Waals surface area contributed by atoms with Crippen molar-refractivity contribution in [3.8, 4) is 5.69 Å². The van der Waals surface area contributed by atoms with Crippen LogP contribution >= 0.6 is 0 Å². The summed E-state index contributed by atoms with van der Waals surface area (Å²) in [6.45, 7) is 1.82. The van der Waals surface area contributed by atoms with E-state index in [1.54, 1.807) is 36.7 Å². The van der Waals surface area contributed by atoms with Crippen LogP contribution in [-0.2, 0) is 0 Å². The van der Waals surface area contributed by atoms with Crippen LogP contribution in [0.4, 0.5) is 4.79 Å². The molecule has 8 nitrogen and oxygen atoms in total. The molecular formula is C16H19N5O3. The van der Waals surface area contributed by atoms with E-state index >= 15 is 0 Å². The summed E-state index contributed by atoms with van der Waals surface area (Å²) in [6.07, 6.45) is 4.26. The Kier molecular flexibility index (Phi) is 4.20. The first kappa shape index (κ1) is 16.0. The lowest BCUT2D eigenvalue weighted by Gasteiger charge is -2.32. The number of para-hydroxylation sites is 1. The van der Waals surface area contributed by atoms with Crippen LogP contribution in [-0.4, -0.2) is 43.7 Å². The van der Waals surface area contributed by atoms with Crippen LogP contribution in [0.2, 0.25) is 0 Å². The van der Waals surface area contributed by atoms with Crippen LogP contribution in [0.25, 0.3) is 5.69 Å². The van der Waals surface area contributed by atoms with Crippen LogP contribution < -0.4 is 10.6 Å². The minimum atomic E-state index is -1.08. The lowest BCUT2D eigenvalue weighted by molar-refractivity contribution is 0.0913. The molecule has 2 amide bonds. The number of benzene rings is 1. The predicted octanol–water partition coefficient (Wildman–Crippen LogP) is 1.58. The highest BCUT2D eigenvalue weighted by molar-refractivity contribution is 5.98. The van der Waals surface area contributed by atoms with E-state index in [2.05, 4.69) is 20.8 Å². The second-order valence-corrected chi connectivity index (χ2v) is 6.10. The van der Waals surface area contributed by atoms with E-state index in [0.29, 0.717) is 17.7 Å². The van der Waals surface area contributed by atoms with Crippen LogP contribution in [0, 0.1) is 0 Å². The molecule has 3 rings (SSSR count). The maximum absolute atomic E-state index is 12.7. The van der Waals surface area contributed by atoms with Gasteiger partial charge in [0.2, 0.25) is 0 Å². The number of amides is 2. The van der Waals surface area contributed by atoms with Crippen molar-refractivity contribution in [2.45, 2.75) is 37.8 Å². The Bertz CT molecular complexity index is 746. The zero-order valence-corrected chi connectivity index (χ0v) is 13.3. The van der Waals surface area contributed by atoms with Gasteiger partial charge in [0.05, 0.1) is 35.2 Å². The van der Waals surface area contributed by atoms with E-state index in [1.165, 1.54) is 4.80 Å². The molecule has 126 valence electrons. The Hall–Kier alpha value is -2.90. The van der Waals surface area contributed by atoms with E-state index < -0.39 is 11.6 Å². The van der Waals surface area contributed by atoms with Crippen molar-refractivity contribution < 1.29 is 14.7 Å². The van der Waals surface area contributed by atoms with Crippen LogP contribution in [0.1, 0.15) is 36.5 Å². The Balaban J connectivity index is 1.82. The van der Waals surface area contributed by atoms with Gasteiger partial charge in [0.25, 0.3) is 5.91 Å². The largest absolute Gasteiger partial charge is 0.465 e. The molecule has 0 bridgehead atoms. The Morgan fingerprint density at radius 1 is 1.29 bits per heavy atom. The molecule has 1 aromatic carbocycles. The predicted molar refractivity (Wildman–Crippen MR) is 86.0 cm³/mol. The Morgan fingerprint density at radius 2 is 2.00 bits per heavy atom. The van der Waals surface area contributed by atoms with E-state index in [0.717, 1.165) is 12.8 Å². The summed E-state index contributed by atoms with van der Waals surface area (Å²) in [5.74, 6) is -0.270. The topological polar surface area (TPSA) is 109 Å². The van der Waals surface area contributed by atoms with Crippen molar-refractivity contribution in [2.24, 2.45) is 0 Å². The molecule has 1 saturated carbocycles. The molecule has 2 aromatic rings. The van der Waals surface area contributed by atoms with Gasteiger partial charge in [-0.2, -0.15) is 15.0 Å². The fraction of sp³-hybridized carbons (Fsp3) is 0.375. The minimum absolute atomic E-state index is 0.264. The maximum atomic E-state index is 12.7. The van der Waals surface area contributed by atoms with Gasteiger partial charge in [-0.3, -0.25) is 4.79 Å². The number of carbonyl (C=O) groups is 2. The molecule has 0 saturated heterocycles. The van der Waals surface area contributed by atoms with Gasteiger partial charge < -0.3 is 15.7 Å². The fourth-order valence-corrected chi connectivity index (χ4v) is 3.21. The summed E-state index contributed by atoms with van der Waals surface area (Å²) in [5, 5.41) is 22.7. The summed E-state index contributed by atoms with van der Waals surface area (Å²) < 4.78 is 0. The third-order valence-electron chi connectivity index (χ3n) is 4.44. The van der Waals surface area contributed by atoms with Gasteiger partial charge in [-0.05, 0) is 38.3 Å². The second-order valence-electron chi connectivity index (χ2n) is 6.10. The van der Waals surface area contributed by atoms with Crippen molar-refractivity contribution in [2.75, 3.05) is 0 Å². The van der Waals surface area contributed by atoms with Crippen molar-refractivity contribution in [1.29, 1.82) is 0 Å². The molecule has 8 heteroatoms. The van der Waals surface area contributed by atoms with E-state index in [4.69, 9.17) is 5.11 Å². The second kappa shape index (κ2) is 6.31. The molecule has 1 aromatic heterocycles. The monoisotopic (exact) mass is 329 g/mol. The summed E-state index contributed by atoms with van der Waals surface area (Å²) in [6, 6.07) is 6.77. The molecule has 1 aliphatic rings. The number of hydrogen-bond acceptors (Lipinski definition) is 4. The SMILES string of the molecule is CC1(NC(=O)O)CCCC1NC(=O)c1ccccc1-n1nccn1. The third kappa shape index (κ3) is 3.08. The molecule has 2 atom stereocenters. The van der Waals surface area contributed by atoms with Crippen molar-refractivity contribution in [1.82, 2.24) is 25.6 Å². The zero-order chi connectivity index (χ0) is 17.2. The Labute approximate surface area is 138 Å². The van der Waals surface area contributed by atoms with Crippen LogP contribution in [0.3, 0.4) is 0 Å². The number of aromatic nitrogens is 3. The highest BCUT2D eigenvalue weighted by Gasteiger charge is 2.41. The van der Waals surface area contributed by atoms with E-state index in [9.17, 15) is 9.59 Å². The standard InChI is InChI=1S/C16H19N5O3/c1-16(20-15(23)24)8-4-7-13(16)19-14(22)11-5-2-3-6-12(11)21-17-9-10-18-21/h2-3,5-6,9-10,13,20H,4,7-8H2,1H3,(H,19,22)(H,23,24). The van der Waals surface area contributed by atoms with E-state index in [-0.39, 0.29) is 11.9 Å². The molecular weight excluding hydrogens is 310 g/mol. The summed E-state index contributed by atoms with van der Waals surface area (Å²) in [7, 11) is 0. The lowest BCUT2D eigenvalue weighted by Crippen LogP contribution is -2.57. The van der Waals surface area contributed by atoms with Gasteiger partial charge in [0.1, 0.15) is 0 Å². The van der Waals surface area contributed by atoms with Crippen molar-refractivity contribution in [3.63, 3.8) is 0 Å². The van der Waals surface area contributed by atoms with Crippen LogP contribution in [0.15, 0.2) is 36.7 Å². The highest BCUT2D eigenvalue weighted by atomic mass is 16.4. The first-order valence-corrected chi connectivity index (χ1v) is 7.77. The van der Waals surface area contributed by atoms with Crippen molar-refractivity contribution >= 4 is 12.0 Å². The fourth-order valence-electron chi connectivity index (χ4n) is 3.21. The molecule has 24 heavy (non-hydrogen) atoms. The molecule has 0 spiro atoms. The minimum Gasteiger partial charge on any atom is -0.465 e. The average molecular weight is 329 g/mol. The number of carbonyl (C=O) groups excluding carboxylic acids is 1. The molecule has 3 N–H and O–H groups in total. The molecule has 1 heterocycles. The molecule has 1 aliphatic carbocycles. The summed E-state index contributed by atoms with van der Waals surface area (Å²) in [5.41, 5.74) is 0.351. The van der Waals surface area contributed by atoms with Crippen molar-refractivity contribution in [3.05, 3.63) is 42.2 Å². The normalized spacial score (nSPS) is 23.0. The number of carboxylic acid groups (broad SMARTS) is 1. The summed E-state index contributed by atoms with van der Waals surface area (Å²) >= 11 is 0. The van der Waals surface area contributed by atoms with Gasteiger partial charge in [0.15, 0.2) is 0 Å². The molecule has 1 fully saturated rings. The molecule has 0 aliphatic heterocycles. The zero-order valence-electron chi connectivity index (χ0n) is 13.3. The maximum Gasteiger partial charge on any atom is 0.405 e. The van der Waals surface area contributed by atoms with Gasteiger partial charge in [0, 0.05) is 0 Å². The number of rotatable bonds is 4. The Morgan fingerprint density at radius 3 is 2.71 bits per heavy atom. The lowest BCUT2D eigenvalue weighted by atomic mass is 9.95. The smallest absolute Gasteiger partial charge is 0.405 e. The molecule has 2 unspecified atom stereocenters. The number of hydrogen-bond donors (Lipinski definition) is 3. The van der Waals surface area contributed by atoms with Gasteiger partial charge in [-0.25, -0.2) is 4.79 Å². The highest BCUT2D eigenvalue weighted by Crippen LogP contribution is 2.30. The average Bonchev–Trinajstić information content (AvgIpc) is 3.17. The van der Waals surface area contributed by atoms with Crippen LogP contribution in [0.5, 0.6) is 0 Å². The molecule has 0 radical (unpaired) electrons. The van der Waals surface area contributed by atoms with Gasteiger partial charge in [-0.15, -0.1) is 0 Å². The quantitative estimate of drug-likeness (QED) is 0.789. The first-order valence-electron chi connectivity index (χ1n) is 7.77. The van der Waals surface area contributed by atoms with E-state index in [1.807, 2.05) is 6.92 Å². The van der Waals surface area contributed by atoms with Gasteiger partial charge in [-0.1, -0.05) is 12.1 Å².